The minimum Gasteiger partial charge on any atom is -0.457 e. The van der Waals surface area contributed by atoms with Crippen LogP contribution in [0.15, 0.2) is 36.4 Å². The van der Waals surface area contributed by atoms with Crippen molar-refractivity contribution in [2.45, 2.75) is 26.7 Å². The first kappa shape index (κ1) is 14.1. The summed E-state index contributed by atoms with van der Waals surface area (Å²) in [4.78, 5) is 0. The van der Waals surface area contributed by atoms with Gasteiger partial charge in [0, 0.05) is 6.07 Å². The van der Waals surface area contributed by atoms with E-state index in [2.05, 4.69) is 19.9 Å². The Balaban J connectivity index is 2.37. The number of aryl methyl sites for hydroxylation is 1. The molecule has 20 heavy (non-hydrogen) atoms. The number of benzene rings is 2. The van der Waals surface area contributed by atoms with E-state index < -0.39 is 5.82 Å². The van der Waals surface area contributed by atoms with Gasteiger partial charge in [-0.05, 0) is 42.2 Å². The van der Waals surface area contributed by atoms with Gasteiger partial charge in [0.2, 0.25) is 0 Å². The highest BCUT2D eigenvalue weighted by atomic mass is 19.1. The SMILES string of the molecule is Cc1ccc(C(C)C)cc1Oc1cc(F)cc(C#N)c1. The molecule has 2 aromatic rings. The van der Waals surface area contributed by atoms with Crippen molar-refractivity contribution in [3.05, 3.63) is 58.9 Å². The van der Waals surface area contributed by atoms with E-state index in [1.165, 1.54) is 18.2 Å². The van der Waals surface area contributed by atoms with Crippen molar-refractivity contribution in [3.8, 4) is 17.6 Å². The first-order chi connectivity index (χ1) is 9.49. The molecule has 0 unspecified atom stereocenters. The van der Waals surface area contributed by atoms with Crippen molar-refractivity contribution < 1.29 is 9.13 Å². The Morgan fingerprint density at radius 3 is 2.55 bits per heavy atom. The third-order valence-corrected chi connectivity index (χ3v) is 3.11. The first-order valence-electron chi connectivity index (χ1n) is 6.48. The Bertz CT molecular complexity index is 671. The van der Waals surface area contributed by atoms with Crippen LogP contribution in [0.1, 0.15) is 36.5 Å². The molecule has 0 fully saturated rings. The number of hydrogen-bond acceptors (Lipinski definition) is 2. The topological polar surface area (TPSA) is 33.0 Å². The number of rotatable bonds is 3. The van der Waals surface area contributed by atoms with E-state index in [0.29, 0.717) is 17.4 Å². The molecule has 0 spiro atoms. The lowest BCUT2D eigenvalue weighted by molar-refractivity contribution is 0.472. The molecule has 2 rings (SSSR count). The molecule has 0 saturated heterocycles. The van der Waals surface area contributed by atoms with Crippen molar-refractivity contribution in [3.63, 3.8) is 0 Å². The minimum atomic E-state index is -0.475. The van der Waals surface area contributed by atoms with Crippen LogP contribution >= 0.6 is 0 Å². The second kappa shape index (κ2) is 5.75. The Morgan fingerprint density at radius 2 is 1.90 bits per heavy atom. The van der Waals surface area contributed by atoms with E-state index in [-0.39, 0.29) is 5.56 Å². The van der Waals surface area contributed by atoms with Gasteiger partial charge in [-0.1, -0.05) is 26.0 Å². The summed E-state index contributed by atoms with van der Waals surface area (Å²) in [5.41, 5.74) is 2.37. The zero-order valence-electron chi connectivity index (χ0n) is 11.8. The monoisotopic (exact) mass is 269 g/mol. The van der Waals surface area contributed by atoms with Gasteiger partial charge in [0.05, 0.1) is 11.6 Å². The summed E-state index contributed by atoms with van der Waals surface area (Å²) >= 11 is 0. The Labute approximate surface area is 118 Å². The zero-order valence-corrected chi connectivity index (χ0v) is 11.8. The fourth-order valence-corrected chi connectivity index (χ4v) is 1.90. The largest absolute Gasteiger partial charge is 0.457 e. The second-order valence-electron chi connectivity index (χ2n) is 5.07. The van der Waals surface area contributed by atoms with Gasteiger partial charge in [-0.2, -0.15) is 5.26 Å². The van der Waals surface area contributed by atoms with Crippen LogP contribution in [0.3, 0.4) is 0 Å². The highest BCUT2D eigenvalue weighted by Gasteiger charge is 2.08. The van der Waals surface area contributed by atoms with Gasteiger partial charge in [-0.3, -0.25) is 0 Å². The summed E-state index contributed by atoms with van der Waals surface area (Å²) in [5, 5.41) is 8.85. The maximum atomic E-state index is 13.4. The lowest BCUT2D eigenvalue weighted by Gasteiger charge is -2.12. The van der Waals surface area contributed by atoms with Gasteiger partial charge < -0.3 is 4.74 Å². The average Bonchev–Trinajstić information content (AvgIpc) is 2.40. The molecule has 3 heteroatoms. The number of ether oxygens (including phenoxy) is 1. The molecule has 0 heterocycles. The van der Waals surface area contributed by atoms with Gasteiger partial charge in [0.1, 0.15) is 17.3 Å². The summed E-state index contributed by atoms with van der Waals surface area (Å²) in [6.45, 7) is 6.14. The van der Waals surface area contributed by atoms with Crippen LogP contribution in [-0.4, -0.2) is 0 Å². The van der Waals surface area contributed by atoms with E-state index in [0.717, 1.165) is 11.1 Å². The fraction of sp³-hybridized carbons (Fsp3) is 0.235. The van der Waals surface area contributed by atoms with E-state index in [1.54, 1.807) is 0 Å². The normalized spacial score (nSPS) is 10.4. The lowest BCUT2D eigenvalue weighted by atomic mass is 10.0. The van der Waals surface area contributed by atoms with Crippen LogP contribution in [0, 0.1) is 24.1 Å². The number of hydrogen-bond donors (Lipinski definition) is 0. The highest BCUT2D eigenvalue weighted by molar-refractivity contribution is 5.43. The molecule has 0 N–H and O–H groups in total. The molecule has 0 bridgehead atoms. The van der Waals surface area contributed by atoms with Gasteiger partial charge in [-0.15, -0.1) is 0 Å². The molecule has 2 aromatic carbocycles. The predicted molar refractivity (Wildman–Crippen MR) is 76.5 cm³/mol. The Hall–Kier alpha value is -2.34. The molecule has 0 amide bonds. The lowest BCUT2D eigenvalue weighted by Crippen LogP contribution is -1.93. The molecule has 2 nitrogen and oxygen atoms in total. The molecule has 0 aliphatic heterocycles. The highest BCUT2D eigenvalue weighted by Crippen LogP contribution is 2.29. The van der Waals surface area contributed by atoms with Crippen molar-refractivity contribution >= 4 is 0 Å². The van der Waals surface area contributed by atoms with E-state index in [1.807, 2.05) is 25.1 Å². The smallest absolute Gasteiger partial charge is 0.131 e. The van der Waals surface area contributed by atoms with Crippen LogP contribution < -0.4 is 4.74 Å². The molecule has 0 aromatic heterocycles. The molecular formula is C17H16FNO. The minimum absolute atomic E-state index is 0.248. The Morgan fingerprint density at radius 1 is 1.15 bits per heavy atom. The van der Waals surface area contributed by atoms with Crippen molar-refractivity contribution in [2.24, 2.45) is 0 Å². The molecule has 0 aliphatic rings. The Kier molecular flexibility index (Phi) is 4.05. The summed E-state index contributed by atoms with van der Waals surface area (Å²) in [7, 11) is 0. The maximum absolute atomic E-state index is 13.4. The predicted octanol–water partition coefficient (Wildman–Crippen LogP) is 4.92. The van der Waals surface area contributed by atoms with Crippen molar-refractivity contribution in [1.29, 1.82) is 5.26 Å². The number of nitriles is 1. The van der Waals surface area contributed by atoms with Crippen LogP contribution in [0.5, 0.6) is 11.5 Å². The molecule has 0 aliphatic carbocycles. The van der Waals surface area contributed by atoms with E-state index in [9.17, 15) is 4.39 Å². The summed E-state index contributed by atoms with van der Waals surface area (Å²) in [5.74, 6) is 0.938. The quantitative estimate of drug-likeness (QED) is 0.792. The van der Waals surface area contributed by atoms with Crippen LogP contribution in [0.4, 0.5) is 4.39 Å². The zero-order chi connectivity index (χ0) is 14.7. The molecular weight excluding hydrogens is 253 g/mol. The van der Waals surface area contributed by atoms with Crippen molar-refractivity contribution in [2.75, 3.05) is 0 Å². The average molecular weight is 269 g/mol. The van der Waals surface area contributed by atoms with Gasteiger partial charge in [-0.25, -0.2) is 4.39 Å². The van der Waals surface area contributed by atoms with E-state index in [4.69, 9.17) is 10.00 Å². The molecule has 0 atom stereocenters. The fourth-order valence-electron chi connectivity index (χ4n) is 1.90. The molecule has 0 radical (unpaired) electrons. The van der Waals surface area contributed by atoms with Gasteiger partial charge in [0.25, 0.3) is 0 Å². The first-order valence-corrected chi connectivity index (χ1v) is 6.48. The van der Waals surface area contributed by atoms with Crippen LogP contribution in [0.2, 0.25) is 0 Å². The summed E-state index contributed by atoms with van der Waals surface area (Å²) in [6.07, 6.45) is 0. The van der Waals surface area contributed by atoms with Crippen LogP contribution in [-0.2, 0) is 0 Å². The molecule has 102 valence electrons. The standard InChI is InChI=1S/C17H16FNO/c1-11(2)14-5-4-12(3)17(8-14)20-16-7-13(10-19)6-15(18)9-16/h4-9,11H,1-3H3. The van der Waals surface area contributed by atoms with Crippen molar-refractivity contribution in [1.82, 2.24) is 0 Å². The summed E-state index contributed by atoms with van der Waals surface area (Å²) in [6, 6.07) is 11.9. The second-order valence-corrected chi connectivity index (χ2v) is 5.07. The molecule has 0 saturated carbocycles. The maximum Gasteiger partial charge on any atom is 0.131 e. The summed E-state index contributed by atoms with van der Waals surface area (Å²) < 4.78 is 19.1. The number of halogens is 1. The van der Waals surface area contributed by atoms with Gasteiger partial charge >= 0.3 is 0 Å². The third-order valence-electron chi connectivity index (χ3n) is 3.11. The third kappa shape index (κ3) is 3.16. The van der Waals surface area contributed by atoms with Gasteiger partial charge in [0.15, 0.2) is 0 Å². The number of nitrogens with zero attached hydrogens (tertiary/aromatic N) is 1. The van der Waals surface area contributed by atoms with E-state index >= 15 is 0 Å². The van der Waals surface area contributed by atoms with Crippen LogP contribution in [0.25, 0.3) is 0 Å².